The van der Waals surface area contributed by atoms with Crippen molar-refractivity contribution in [2.24, 2.45) is 0 Å². The summed E-state index contributed by atoms with van der Waals surface area (Å²) in [6.07, 6.45) is 1.92. The second-order valence-electron chi connectivity index (χ2n) is 4.01. The molecule has 1 heterocycles. The minimum absolute atomic E-state index is 0. The lowest BCUT2D eigenvalue weighted by Crippen LogP contribution is -2.46. The Kier molecular flexibility index (Phi) is 6.77. The monoisotopic (exact) mass is 340 g/mol. The van der Waals surface area contributed by atoms with Crippen LogP contribution < -0.4 is 5.32 Å². The highest BCUT2D eigenvalue weighted by atomic mass is 35.5. The maximum absolute atomic E-state index is 12.4. The fourth-order valence-electron chi connectivity index (χ4n) is 1.89. The average Bonchev–Trinajstić information content (AvgIpc) is 2.39. The maximum Gasteiger partial charge on any atom is 0.255 e. The van der Waals surface area contributed by atoms with Gasteiger partial charge >= 0.3 is 0 Å². The SMILES string of the molecule is CSc1cc(C(=O)N2CCNCC2)c(Cl)cc1Cl.Cl. The summed E-state index contributed by atoms with van der Waals surface area (Å²) < 4.78 is 0. The van der Waals surface area contributed by atoms with Crippen LogP contribution in [0.15, 0.2) is 17.0 Å². The van der Waals surface area contributed by atoms with Crippen LogP contribution in [-0.2, 0) is 0 Å². The second-order valence-corrected chi connectivity index (χ2v) is 5.67. The summed E-state index contributed by atoms with van der Waals surface area (Å²) in [5, 5.41) is 4.22. The summed E-state index contributed by atoms with van der Waals surface area (Å²) >= 11 is 13.7. The van der Waals surface area contributed by atoms with Gasteiger partial charge < -0.3 is 10.2 Å². The lowest BCUT2D eigenvalue weighted by Gasteiger charge is -2.28. The molecule has 106 valence electrons. The molecule has 1 aliphatic heterocycles. The normalized spacial score (nSPS) is 15.0. The van der Waals surface area contributed by atoms with Crippen molar-refractivity contribution < 1.29 is 4.79 Å². The molecule has 0 aliphatic carbocycles. The van der Waals surface area contributed by atoms with Crippen molar-refractivity contribution in [3.63, 3.8) is 0 Å². The first-order valence-corrected chi connectivity index (χ1v) is 7.64. The number of carbonyl (C=O) groups excluding carboxylic acids is 1. The van der Waals surface area contributed by atoms with Gasteiger partial charge in [0.25, 0.3) is 5.91 Å². The quantitative estimate of drug-likeness (QED) is 0.839. The zero-order valence-electron chi connectivity index (χ0n) is 10.4. The van der Waals surface area contributed by atoms with Gasteiger partial charge in [-0.3, -0.25) is 4.79 Å². The Morgan fingerprint density at radius 1 is 1.26 bits per heavy atom. The molecule has 0 radical (unpaired) electrons. The van der Waals surface area contributed by atoms with E-state index >= 15 is 0 Å². The minimum atomic E-state index is -0.0199. The van der Waals surface area contributed by atoms with Gasteiger partial charge in [-0.15, -0.1) is 24.2 Å². The van der Waals surface area contributed by atoms with Crippen LogP contribution in [-0.4, -0.2) is 43.2 Å². The van der Waals surface area contributed by atoms with Gasteiger partial charge in [0.05, 0.1) is 15.6 Å². The van der Waals surface area contributed by atoms with Crippen LogP contribution in [0.1, 0.15) is 10.4 Å². The zero-order chi connectivity index (χ0) is 13.1. The third kappa shape index (κ3) is 3.92. The number of benzene rings is 1. The van der Waals surface area contributed by atoms with Crippen molar-refractivity contribution in [2.75, 3.05) is 32.4 Å². The average molecular weight is 342 g/mol. The van der Waals surface area contributed by atoms with E-state index in [2.05, 4.69) is 5.32 Å². The van der Waals surface area contributed by atoms with Gasteiger partial charge in [-0.2, -0.15) is 0 Å². The highest BCUT2D eigenvalue weighted by Gasteiger charge is 2.21. The fraction of sp³-hybridized carbons (Fsp3) is 0.417. The lowest BCUT2D eigenvalue weighted by atomic mass is 10.2. The Morgan fingerprint density at radius 3 is 2.47 bits per heavy atom. The fourth-order valence-corrected chi connectivity index (χ4v) is 3.07. The molecule has 0 saturated carbocycles. The predicted molar refractivity (Wildman–Crippen MR) is 84.3 cm³/mol. The van der Waals surface area contributed by atoms with Gasteiger partial charge in [0.2, 0.25) is 0 Å². The largest absolute Gasteiger partial charge is 0.336 e. The van der Waals surface area contributed by atoms with E-state index in [0.29, 0.717) is 28.7 Å². The number of nitrogens with one attached hydrogen (secondary N) is 1. The number of hydrogen-bond acceptors (Lipinski definition) is 3. The van der Waals surface area contributed by atoms with Crippen molar-refractivity contribution in [3.05, 3.63) is 27.7 Å². The molecule has 2 rings (SSSR count). The van der Waals surface area contributed by atoms with Crippen molar-refractivity contribution in [3.8, 4) is 0 Å². The molecule has 1 aromatic rings. The summed E-state index contributed by atoms with van der Waals surface area (Å²) in [4.78, 5) is 15.1. The molecule has 1 saturated heterocycles. The number of halogens is 3. The number of thioether (sulfide) groups is 1. The van der Waals surface area contributed by atoms with E-state index in [9.17, 15) is 4.79 Å². The first kappa shape index (κ1) is 16.9. The Hall–Kier alpha value is -0.130. The standard InChI is InChI=1S/C12H14Cl2N2OS.ClH/c1-18-11-6-8(9(13)7-10(11)14)12(17)16-4-2-15-3-5-16;/h6-7,15H,2-5H2,1H3;1H. The van der Waals surface area contributed by atoms with Crippen LogP contribution in [0.4, 0.5) is 0 Å². The van der Waals surface area contributed by atoms with Crippen LogP contribution >= 0.6 is 47.4 Å². The summed E-state index contributed by atoms with van der Waals surface area (Å²) in [7, 11) is 0. The molecule has 0 aromatic heterocycles. The first-order valence-electron chi connectivity index (χ1n) is 5.66. The molecule has 1 amide bonds. The second kappa shape index (κ2) is 7.60. The molecule has 0 unspecified atom stereocenters. The summed E-state index contributed by atoms with van der Waals surface area (Å²) in [6.45, 7) is 3.08. The van der Waals surface area contributed by atoms with Crippen molar-refractivity contribution >= 4 is 53.3 Å². The summed E-state index contributed by atoms with van der Waals surface area (Å²) in [5.74, 6) is -0.0199. The lowest BCUT2D eigenvalue weighted by molar-refractivity contribution is 0.0736. The first-order chi connectivity index (χ1) is 8.63. The number of nitrogens with zero attached hydrogens (tertiary/aromatic N) is 1. The van der Waals surface area contributed by atoms with E-state index in [-0.39, 0.29) is 18.3 Å². The number of hydrogen-bond donors (Lipinski definition) is 1. The summed E-state index contributed by atoms with van der Waals surface area (Å²) in [6, 6.07) is 3.42. The van der Waals surface area contributed by atoms with E-state index in [4.69, 9.17) is 23.2 Å². The molecular weight excluding hydrogens is 327 g/mol. The van der Waals surface area contributed by atoms with Gasteiger partial charge in [-0.05, 0) is 18.4 Å². The Bertz CT molecular complexity index is 465. The van der Waals surface area contributed by atoms with Gasteiger partial charge in [-0.1, -0.05) is 23.2 Å². The predicted octanol–water partition coefficient (Wildman–Crippen LogP) is 3.18. The molecule has 1 aliphatic rings. The molecular formula is C12H15Cl3N2OS. The van der Waals surface area contributed by atoms with E-state index in [0.717, 1.165) is 18.0 Å². The van der Waals surface area contributed by atoms with Gasteiger partial charge in [0.1, 0.15) is 0 Å². The van der Waals surface area contributed by atoms with Crippen LogP contribution in [0.5, 0.6) is 0 Å². The molecule has 0 atom stereocenters. The molecule has 1 fully saturated rings. The topological polar surface area (TPSA) is 32.3 Å². The maximum atomic E-state index is 12.4. The van der Waals surface area contributed by atoms with E-state index in [1.165, 1.54) is 11.8 Å². The van der Waals surface area contributed by atoms with Crippen LogP contribution in [0.3, 0.4) is 0 Å². The van der Waals surface area contributed by atoms with Gasteiger partial charge in [-0.25, -0.2) is 0 Å². The smallest absolute Gasteiger partial charge is 0.255 e. The van der Waals surface area contributed by atoms with Crippen molar-refractivity contribution in [1.82, 2.24) is 10.2 Å². The third-order valence-corrected chi connectivity index (χ3v) is 4.39. The van der Waals surface area contributed by atoms with Crippen molar-refractivity contribution in [1.29, 1.82) is 0 Å². The Morgan fingerprint density at radius 2 is 1.89 bits per heavy atom. The van der Waals surface area contributed by atoms with Crippen LogP contribution in [0.2, 0.25) is 10.0 Å². The zero-order valence-corrected chi connectivity index (χ0v) is 13.6. The third-order valence-electron chi connectivity index (χ3n) is 2.88. The van der Waals surface area contributed by atoms with Gasteiger partial charge in [0.15, 0.2) is 0 Å². The minimum Gasteiger partial charge on any atom is -0.336 e. The van der Waals surface area contributed by atoms with E-state index < -0.39 is 0 Å². The molecule has 19 heavy (non-hydrogen) atoms. The van der Waals surface area contributed by atoms with E-state index in [1.807, 2.05) is 11.2 Å². The highest BCUT2D eigenvalue weighted by molar-refractivity contribution is 7.98. The molecule has 0 bridgehead atoms. The van der Waals surface area contributed by atoms with Crippen LogP contribution in [0.25, 0.3) is 0 Å². The Balaban J connectivity index is 0.00000180. The molecule has 0 spiro atoms. The number of rotatable bonds is 2. The molecule has 1 N–H and O–H groups in total. The summed E-state index contributed by atoms with van der Waals surface area (Å²) in [5.41, 5.74) is 0.535. The molecule has 7 heteroatoms. The number of amides is 1. The highest BCUT2D eigenvalue weighted by Crippen LogP contribution is 2.31. The number of piperazine rings is 1. The molecule has 3 nitrogen and oxygen atoms in total. The number of carbonyl (C=O) groups is 1. The molecule has 1 aromatic carbocycles. The van der Waals surface area contributed by atoms with Gasteiger partial charge in [0, 0.05) is 31.1 Å². The van der Waals surface area contributed by atoms with Crippen LogP contribution in [0, 0.1) is 0 Å². The van der Waals surface area contributed by atoms with Crippen molar-refractivity contribution in [2.45, 2.75) is 4.90 Å². The Labute approximate surface area is 133 Å². The van der Waals surface area contributed by atoms with E-state index in [1.54, 1.807) is 12.1 Å².